The molecule has 8 nitrogen and oxygen atoms in total. The van der Waals surface area contributed by atoms with E-state index in [0.717, 1.165) is 99.7 Å². The molecule has 3 amide bonds. The van der Waals surface area contributed by atoms with Gasteiger partial charge in [0.25, 0.3) is 0 Å². The minimum Gasteiger partial charge on any atom is -0.446 e. The van der Waals surface area contributed by atoms with Gasteiger partial charge in [0.2, 0.25) is 11.8 Å². The summed E-state index contributed by atoms with van der Waals surface area (Å²) in [4.78, 5) is 40.4. The number of rotatable bonds is 28. The van der Waals surface area contributed by atoms with Crippen LogP contribution in [-0.4, -0.2) is 61.6 Å². The van der Waals surface area contributed by atoms with E-state index < -0.39 is 0 Å². The van der Waals surface area contributed by atoms with Gasteiger partial charge in [-0.15, -0.1) is 0 Å². The molecule has 0 aromatic carbocycles. The first kappa shape index (κ1) is 49.6. The summed E-state index contributed by atoms with van der Waals surface area (Å²) < 4.78 is 6.05. The quantitative estimate of drug-likeness (QED) is 0.0537. The van der Waals surface area contributed by atoms with Crippen molar-refractivity contribution in [1.82, 2.24) is 15.5 Å². The molecule has 0 aromatic rings. The Bertz CT molecular complexity index is 1290. The predicted molar refractivity (Wildman–Crippen MR) is 245 cm³/mol. The molecule has 0 spiro atoms. The van der Waals surface area contributed by atoms with Crippen LogP contribution >= 0.6 is 0 Å². The Kier molecular flexibility index (Phi) is 21.6. The molecule has 0 saturated heterocycles. The fourth-order valence-electron chi connectivity index (χ4n) is 12.5. The maximum absolute atomic E-state index is 13.2. The smallest absolute Gasteiger partial charge is 0.407 e. The zero-order chi connectivity index (χ0) is 42.7. The molecular weight excluding hydrogens is 733 g/mol. The zero-order valence-corrected chi connectivity index (χ0v) is 39.2. The minimum absolute atomic E-state index is 0.0335. The van der Waals surface area contributed by atoms with E-state index in [1.165, 1.54) is 96.3 Å². The Balaban J connectivity index is 1.13. The number of ether oxygens (including phenoxy) is 1. The molecule has 8 heteroatoms. The summed E-state index contributed by atoms with van der Waals surface area (Å²) in [5, 5.41) is 5.94. The molecule has 4 N–H and O–H groups in total. The van der Waals surface area contributed by atoms with Crippen LogP contribution < -0.4 is 16.4 Å². The SMILES string of the molecule is CCCCCCCCCCCC(=O)N(CCCCCCNC(=O)O[C@H]1CC[C@@]2(C)C(=CC[C@H]3[C@@H]4CC[C@H]([C@H](C)CCCC(C)C)[C@@]4(C)CC[C@@H]32)C1)CC(=O)NCCCN. The molecule has 4 aliphatic carbocycles. The Morgan fingerprint density at radius 3 is 2.22 bits per heavy atom. The molecule has 0 unspecified atom stereocenters. The average molecular weight is 825 g/mol. The van der Waals surface area contributed by atoms with E-state index in [2.05, 4.69) is 58.3 Å². The minimum atomic E-state index is -0.283. The van der Waals surface area contributed by atoms with Crippen molar-refractivity contribution in [3.05, 3.63) is 11.6 Å². The van der Waals surface area contributed by atoms with Crippen LogP contribution in [0, 0.1) is 46.3 Å². The Morgan fingerprint density at radius 1 is 0.797 bits per heavy atom. The number of carbonyl (C=O) groups excluding carboxylic acids is 3. The number of nitrogens with zero attached hydrogens (tertiary/aromatic N) is 1. The van der Waals surface area contributed by atoms with Crippen LogP contribution in [0.3, 0.4) is 0 Å². The lowest BCUT2D eigenvalue weighted by Gasteiger charge is -2.58. The van der Waals surface area contributed by atoms with Crippen LogP contribution in [0.4, 0.5) is 4.79 Å². The van der Waals surface area contributed by atoms with Crippen molar-refractivity contribution in [3.63, 3.8) is 0 Å². The molecule has 59 heavy (non-hydrogen) atoms. The standard InChI is InChI=1S/C51H92N4O4/c1-7-8-9-10-11-12-13-14-17-24-48(57)55(38-47(56)53-35-21-33-52)36-19-16-15-18-34-54-49(58)59-42-29-31-50(5)41(37-42)25-26-43-45-28-27-44(40(4)23-20-22-39(2)3)51(45,6)32-30-46(43)50/h25,39-40,42-46H,7-24,26-38,52H2,1-6H3,(H,53,56)(H,54,58)/t40-,42+,43+,44-,45+,46+,50+,51-/m1/s1. The van der Waals surface area contributed by atoms with E-state index in [0.29, 0.717) is 38.0 Å². The molecule has 0 aromatic heterocycles. The molecule has 4 aliphatic rings. The lowest BCUT2D eigenvalue weighted by atomic mass is 9.47. The molecule has 4 rings (SSSR count). The summed E-state index contributed by atoms with van der Waals surface area (Å²) in [6, 6.07) is 0. The van der Waals surface area contributed by atoms with Crippen LogP contribution in [0.25, 0.3) is 0 Å². The molecular formula is C51H92N4O4. The van der Waals surface area contributed by atoms with Crippen LogP contribution in [-0.2, 0) is 14.3 Å². The van der Waals surface area contributed by atoms with E-state index in [-0.39, 0.29) is 36.0 Å². The van der Waals surface area contributed by atoms with Gasteiger partial charge in [0.05, 0.1) is 6.54 Å². The number of amides is 3. The second-order valence-electron chi connectivity index (χ2n) is 20.8. The lowest BCUT2D eigenvalue weighted by Crippen LogP contribution is -2.51. The highest BCUT2D eigenvalue weighted by atomic mass is 16.6. The fourth-order valence-corrected chi connectivity index (χ4v) is 12.5. The molecule has 0 radical (unpaired) electrons. The number of nitrogens with two attached hydrogens (primary N) is 1. The van der Waals surface area contributed by atoms with E-state index in [1.807, 2.05) is 0 Å². The molecule has 340 valence electrons. The number of hydrogen-bond donors (Lipinski definition) is 3. The third-order valence-corrected chi connectivity index (χ3v) is 16.0. The van der Waals surface area contributed by atoms with Crippen molar-refractivity contribution >= 4 is 17.9 Å². The number of unbranched alkanes of at least 4 members (excludes halogenated alkanes) is 11. The van der Waals surface area contributed by atoms with E-state index in [4.69, 9.17) is 10.5 Å². The maximum Gasteiger partial charge on any atom is 0.407 e. The first-order chi connectivity index (χ1) is 28.4. The zero-order valence-electron chi connectivity index (χ0n) is 39.2. The summed E-state index contributed by atoms with van der Waals surface area (Å²) in [5.41, 5.74) is 7.92. The third-order valence-electron chi connectivity index (χ3n) is 16.0. The highest BCUT2D eigenvalue weighted by Crippen LogP contribution is 2.67. The third kappa shape index (κ3) is 15.0. The molecule has 0 bridgehead atoms. The summed E-state index contributed by atoms with van der Waals surface area (Å²) >= 11 is 0. The molecule has 8 atom stereocenters. The van der Waals surface area contributed by atoms with Gasteiger partial charge in [-0.05, 0) is 124 Å². The lowest BCUT2D eigenvalue weighted by molar-refractivity contribution is -0.136. The maximum atomic E-state index is 13.2. The number of hydrogen-bond acceptors (Lipinski definition) is 5. The molecule has 3 saturated carbocycles. The van der Waals surface area contributed by atoms with Gasteiger partial charge in [-0.3, -0.25) is 9.59 Å². The topological polar surface area (TPSA) is 114 Å². The Hall–Kier alpha value is -2.09. The van der Waals surface area contributed by atoms with E-state index in [9.17, 15) is 14.4 Å². The highest BCUT2D eigenvalue weighted by Gasteiger charge is 2.59. The fraction of sp³-hybridized carbons (Fsp3) is 0.902. The first-order valence-corrected chi connectivity index (χ1v) is 25.3. The van der Waals surface area contributed by atoms with Gasteiger partial charge in [0.15, 0.2) is 0 Å². The summed E-state index contributed by atoms with van der Waals surface area (Å²) in [6.07, 6.45) is 32.0. The predicted octanol–water partition coefficient (Wildman–Crippen LogP) is 11.9. The Labute approximate surface area is 362 Å². The van der Waals surface area contributed by atoms with Gasteiger partial charge in [0, 0.05) is 32.5 Å². The van der Waals surface area contributed by atoms with Gasteiger partial charge < -0.3 is 26.0 Å². The van der Waals surface area contributed by atoms with Crippen LogP contribution in [0.2, 0.25) is 0 Å². The number of fused-ring (bicyclic) bond motifs is 5. The molecule has 0 aliphatic heterocycles. The van der Waals surface area contributed by atoms with Crippen molar-refractivity contribution < 1.29 is 19.1 Å². The Morgan fingerprint density at radius 2 is 1.49 bits per heavy atom. The van der Waals surface area contributed by atoms with Gasteiger partial charge >= 0.3 is 6.09 Å². The second-order valence-corrected chi connectivity index (χ2v) is 20.8. The van der Waals surface area contributed by atoms with Crippen molar-refractivity contribution in [2.45, 2.75) is 215 Å². The van der Waals surface area contributed by atoms with Crippen molar-refractivity contribution in [2.24, 2.45) is 52.1 Å². The summed E-state index contributed by atoms with van der Waals surface area (Å²) in [6.45, 7) is 17.2. The molecule has 3 fully saturated rings. The first-order valence-electron chi connectivity index (χ1n) is 25.3. The monoisotopic (exact) mass is 825 g/mol. The van der Waals surface area contributed by atoms with Crippen molar-refractivity contribution in [1.29, 1.82) is 0 Å². The van der Waals surface area contributed by atoms with Gasteiger partial charge in [-0.2, -0.15) is 0 Å². The second kappa shape index (κ2) is 25.8. The molecule has 0 heterocycles. The number of alkyl carbamates (subject to hydrolysis) is 1. The largest absolute Gasteiger partial charge is 0.446 e. The average Bonchev–Trinajstić information content (AvgIpc) is 3.56. The van der Waals surface area contributed by atoms with Gasteiger partial charge in [-0.1, -0.05) is 137 Å². The van der Waals surface area contributed by atoms with Gasteiger partial charge in [0.1, 0.15) is 6.10 Å². The van der Waals surface area contributed by atoms with Crippen LogP contribution in [0.5, 0.6) is 0 Å². The van der Waals surface area contributed by atoms with Gasteiger partial charge in [-0.25, -0.2) is 4.79 Å². The van der Waals surface area contributed by atoms with E-state index in [1.54, 1.807) is 10.5 Å². The summed E-state index contributed by atoms with van der Waals surface area (Å²) in [5.74, 6) is 4.97. The van der Waals surface area contributed by atoms with Crippen LogP contribution in [0.15, 0.2) is 11.6 Å². The summed E-state index contributed by atoms with van der Waals surface area (Å²) in [7, 11) is 0. The number of nitrogens with one attached hydrogen (secondary N) is 2. The normalized spacial score (nSPS) is 27.9. The van der Waals surface area contributed by atoms with E-state index >= 15 is 0 Å². The van der Waals surface area contributed by atoms with Crippen LogP contribution in [0.1, 0.15) is 208 Å². The van der Waals surface area contributed by atoms with Crippen molar-refractivity contribution in [2.75, 3.05) is 32.7 Å². The highest BCUT2D eigenvalue weighted by molar-refractivity contribution is 5.84. The van der Waals surface area contributed by atoms with Crippen molar-refractivity contribution in [3.8, 4) is 0 Å². The number of carbonyl (C=O) groups is 3. The number of allylic oxidation sites excluding steroid dienone is 1.